The van der Waals surface area contributed by atoms with E-state index in [1.54, 1.807) is 6.21 Å². The van der Waals surface area contributed by atoms with E-state index >= 15 is 0 Å². The molecule has 0 spiro atoms. The number of carbonyl (C=O) groups is 1. The van der Waals surface area contributed by atoms with Crippen LogP contribution in [0.3, 0.4) is 0 Å². The van der Waals surface area contributed by atoms with Gasteiger partial charge in [0.25, 0.3) is 5.91 Å². The van der Waals surface area contributed by atoms with Crippen molar-refractivity contribution in [1.29, 1.82) is 0 Å². The minimum Gasteiger partial charge on any atom is -0.489 e. The minimum absolute atomic E-state index is 0.164. The molecule has 3 aromatic carbocycles. The van der Waals surface area contributed by atoms with Gasteiger partial charge in [0.15, 0.2) is 0 Å². The maximum atomic E-state index is 12.5. The molecule has 0 aliphatic heterocycles. The molecule has 162 valence electrons. The van der Waals surface area contributed by atoms with Crippen molar-refractivity contribution in [2.45, 2.75) is 32.9 Å². The number of hydrogen-bond donors (Lipinski definition) is 1. The molecular formula is C26H26N4O2. The summed E-state index contributed by atoms with van der Waals surface area (Å²) in [5.74, 6) is 1.68. The number of fused-ring (bicyclic) bond motifs is 1. The lowest BCUT2D eigenvalue weighted by molar-refractivity contribution is -0.121. The molecule has 1 amide bonds. The first-order valence-electron chi connectivity index (χ1n) is 10.6. The van der Waals surface area contributed by atoms with Crippen LogP contribution in [0.1, 0.15) is 36.7 Å². The molecule has 4 aromatic rings. The van der Waals surface area contributed by atoms with Crippen LogP contribution >= 0.6 is 0 Å². The Labute approximate surface area is 187 Å². The maximum Gasteiger partial charge on any atom is 0.260 e. The fourth-order valence-corrected chi connectivity index (χ4v) is 3.45. The molecule has 0 fully saturated rings. The molecule has 0 aliphatic rings. The highest BCUT2D eigenvalue weighted by molar-refractivity contribution is 5.84. The highest BCUT2D eigenvalue weighted by Crippen LogP contribution is 2.21. The Morgan fingerprint density at radius 1 is 1.03 bits per heavy atom. The second-order valence-corrected chi connectivity index (χ2v) is 7.84. The average molecular weight is 427 g/mol. The fourth-order valence-electron chi connectivity index (χ4n) is 3.45. The summed E-state index contributed by atoms with van der Waals surface area (Å²) >= 11 is 0. The van der Waals surface area contributed by atoms with Crippen LogP contribution in [0.25, 0.3) is 11.0 Å². The summed E-state index contributed by atoms with van der Waals surface area (Å²) < 4.78 is 7.74. The SMILES string of the molecule is CC(C)c1nc2ccccc2n1CC(=O)N/N=C/c1ccc(OCc2ccccc2)cc1. The molecule has 1 heterocycles. The molecule has 1 N–H and O–H groups in total. The van der Waals surface area contributed by atoms with Crippen molar-refractivity contribution in [1.82, 2.24) is 15.0 Å². The van der Waals surface area contributed by atoms with E-state index in [0.717, 1.165) is 33.7 Å². The third-order valence-corrected chi connectivity index (χ3v) is 5.03. The number of imidazole rings is 1. The predicted octanol–water partition coefficient (Wildman–Crippen LogP) is 4.89. The Balaban J connectivity index is 1.34. The number of para-hydroxylation sites is 2. The third-order valence-electron chi connectivity index (χ3n) is 5.03. The first-order valence-corrected chi connectivity index (χ1v) is 10.6. The van der Waals surface area contributed by atoms with Crippen LogP contribution < -0.4 is 10.2 Å². The minimum atomic E-state index is -0.200. The van der Waals surface area contributed by atoms with Crippen molar-refractivity contribution in [3.05, 3.63) is 95.8 Å². The zero-order chi connectivity index (χ0) is 22.3. The van der Waals surface area contributed by atoms with Gasteiger partial charge in [-0.3, -0.25) is 4.79 Å². The summed E-state index contributed by atoms with van der Waals surface area (Å²) in [6.07, 6.45) is 1.62. The Kier molecular flexibility index (Phi) is 6.60. The van der Waals surface area contributed by atoms with Crippen LogP contribution in [0.5, 0.6) is 5.75 Å². The molecule has 0 saturated heterocycles. The Morgan fingerprint density at radius 3 is 2.50 bits per heavy atom. The first-order chi connectivity index (χ1) is 15.6. The second kappa shape index (κ2) is 9.92. The first kappa shape index (κ1) is 21.3. The molecule has 4 rings (SSSR count). The normalized spacial score (nSPS) is 11.3. The number of aromatic nitrogens is 2. The summed E-state index contributed by atoms with van der Waals surface area (Å²) in [6, 6.07) is 25.4. The molecule has 0 saturated carbocycles. The number of carbonyl (C=O) groups excluding carboxylic acids is 1. The van der Waals surface area contributed by atoms with Crippen LogP contribution in [0.2, 0.25) is 0 Å². The van der Waals surface area contributed by atoms with E-state index < -0.39 is 0 Å². The zero-order valence-electron chi connectivity index (χ0n) is 18.2. The molecule has 0 atom stereocenters. The number of hydrogen-bond acceptors (Lipinski definition) is 4. The van der Waals surface area contributed by atoms with Crippen LogP contribution in [-0.2, 0) is 17.9 Å². The summed E-state index contributed by atoms with van der Waals surface area (Å²) in [5.41, 5.74) is 6.44. The summed E-state index contributed by atoms with van der Waals surface area (Å²) in [4.78, 5) is 17.2. The predicted molar refractivity (Wildman–Crippen MR) is 127 cm³/mol. The lowest BCUT2D eigenvalue weighted by atomic mass is 10.2. The number of rotatable bonds is 8. The average Bonchev–Trinajstić information content (AvgIpc) is 3.18. The van der Waals surface area contributed by atoms with Crippen molar-refractivity contribution in [3.8, 4) is 5.75 Å². The van der Waals surface area contributed by atoms with Crippen molar-refractivity contribution in [2.24, 2.45) is 5.10 Å². The summed E-state index contributed by atoms with van der Waals surface area (Å²) in [5, 5.41) is 4.10. The number of benzene rings is 3. The lowest BCUT2D eigenvalue weighted by Crippen LogP contribution is -2.24. The van der Waals surface area contributed by atoms with Crippen LogP contribution in [0.15, 0.2) is 84.0 Å². The van der Waals surface area contributed by atoms with Crippen molar-refractivity contribution in [2.75, 3.05) is 0 Å². The largest absolute Gasteiger partial charge is 0.489 e. The molecule has 32 heavy (non-hydrogen) atoms. The highest BCUT2D eigenvalue weighted by atomic mass is 16.5. The van der Waals surface area contributed by atoms with Gasteiger partial charge in [0.2, 0.25) is 0 Å². The van der Waals surface area contributed by atoms with Crippen LogP contribution in [0.4, 0.5) is 0 Å². The van der Waals surface area contributed by atoms with Gasteiger partial charge in [0.1, 0.15) is 24.7 Å². The zero-order valence-corrected chi connectivity index (χ0v) is 18.2. The summed E-state index contributed by atoms with van der Waals surface area (Å²) in [7, 11) is 0. The molecule has 0 radical (unpaired) electrons. The van der Waals surface area contributed by atoms with E-state index in [0.29, 0.717) is 6.61 Å². The van der Waals surface area contributed by atoms with E-state index in [2.05, 4.69) is 29.4 Å². The molecule has 6 heteroatoms. The number of amides is 1. The Hall–Kier alpha value is -3.93. The molecule has 1 aromatic heterocycles. The monoisotopic (exact) mass is 426 g/mol. The van der Waals surface area contributed by atoms with E-state index in [4.69, 9.17) is 4.74 Å². The van der Waals surface area contributed by atoms with Crippen LogP contribution in [-0.4, -0.2) is 21.7 Å². The van der Waals surface area contributed by atoms with Crippen molar-refractivity contribution >= 4 is 23.2 Å². The van der Waals surface area contributed by atoms with Gasteiger partial charge in [-0.2, -0.15) is 5.10 Å². The van der Waals surface area contributed by atoms with Crippen molar-refractivity contribution < 1.29 is 9.53 Å². The number of hydrazone groups is 1. The van der Waals surface area contributed by atoms with Gasteiger partial charge >= 0.3 is 0 Å². The van der Waals surface area contributed by atoms with E-state index in [1.165, 1.54) is 0 Å². The van der Waals surface area contributed by atoms with Crippen LogP contribution in [0, 0.1) is 0 Å². The number of nitrogens with zero attached hydrogens (tertiary/aromatic N) is 3. The Morgan fingerprint density at radius 2 is 1.75 bits per heavy atom. The third kappa shape index (κ3) is 5.21. The van der Waals surface area contributed by atoms with Gasteiger partial charge in [-0.1, -0.05) is 56.3 Å². The highest BCUT2D eigenvalue weighted by Gasteiger charge is 2.15. The van der Waals surface area contributed by atoms with Gasteiger partial charge in [-0.05, 0) is 47.5 Å². The molecule has 6 nitrogen and oxygen atoms in total. The Bertz CT molecular complexity index is 1210. The quantitative estimate of drug-likeness (QED) is 0.322. The molecular weight excluding hydrogens is 400 g/mol. The lowest BCUT2D eigenvalue weighted by Gasteiger charge is -2.10. The van der Waals surface area contributed by atoms with E-state index in [1.807, 2.05) is 83.4 Å². The second-order valence-electron chi connectivity index (χ2n) is 7.84. The smallest absolute Gasteiger partial charge is 0.260 e. The maximum absolute atomic E-state index is 12.5. The van der Waals surface area contributed by atoms with Gasteiger partial charge in [0.05, 0.1) is 17.2 Å². The van der Waals surface area contributed by atoms with E-state index in [9.17, 15) is 4.79 Å². The number of nitrogens with one attached hydrogen (secondary N) is 1. The topological polar surface area (TPSA) is 68.5 Å². The van der Waals surface area contributed by atoms with Crippen molar-refractivity contribution in [3.63, 3.8) is 0 Å². The van der Waals surface area contributed by atoms with Gasteiger partial charge in [-0.25, -0.2) is 10.4 Å². The number of ether oxygens (including phenoxy) is 1. The van der Waals surface area contributed by atoms with Gasteiger partial charge < -0.3 is 9.30 Å². The van der Waals surface area contributed by atoms with E-state index in [-0.39, 0.29) is 18.4 Å². The van der Waals surface area contributed by atoms with Gasteiger partial charge in [-0.15, -0.1) is 0 Å². The molecule has 0 bridgehead atoms. The molecule has 0 unspecified atom stereocenters. The standard InChI is InChI=1S/C26H26N4O2/c1-19(2)26-28-23-10-6-7-11-24(23)30(26)17-25(31)29-27-16-20-12-14-22(15-13-20)32-18-21-8-4-3-5-9-21/h3-16,19H,17-18H2,1-2H3,(H,29,31)/b27-16+. The molecule has 0 aliphatic carbocycles. The fraction of sp³-hybridized carbons (Fsp3) is 0.192. The summed E-state index contributed by atoms with van der Waals surface area (Å²) in [6.45, 7) is 4.82. The van der Waals surface area contributed by atoms with Gasteiger partial charge in [0, 0.05) is 5.92 Å².